The van der Waals surface area contributed by atoms with Crippen molar-refractivity contribution in [3.63, 3.8) is 0 Å². The van der Waals surface area contributed by atoms with Crippen molar-refractivity contribution in [3.05, 3.63) is 77.6 Å². The molecular formula is C23H26N4OS. The van der Waals surface area contributed by atoms with E-state index in [1.54, 1.807) is 0 Å². The summed E-state index contributed by atoms with van der Waals surface area (Å²) < 4.78 is 2.10. The molecule has 1 atom stereocenters. The van der Waals surface area contributed by atoms with Crippen molar-refractivity contribution in [1.29, 1.82) is 0 Å². The van der Waals surface area contributed by atoms with Gasteiger partial charge in [0.15, 0.2) is 5.16 Å². The Morgan fingerprint density at radius 1 is 1.10 bits per heavy atom. The summed E-state index contributed by atoms with van der Waals surface area (Å²) in [7, 11) is 0. The lowest BCUT2D eigenvalue weighted by Gasteiger charge is -2.18. The van der Waals surface area contributed by atoms with Gasteiger partial charge in [-0.05, 0) is 36.8 Å². The Morgan fingerprint density at radius 3 is 2.45 bits per heavy atom. The largest absolute Gasteiger partial charge is 0.348 e. The van der Waals surface area contributed by atoms with Crippen LogP contribution in [0.2, 0.25) is 0 Å². The average molecular weight is 407 g/mol. The highest BCUT2D eigenvalue weighted by molar-refractivity contribution is 7.99. The summed E-state index contributed by atoms with van der Waals surface area (Å²) >= 11 is 1.46. The lowest BCUT2D eigenvalue weighted by atomic mass is 10.0. The van der Waals surface area contributed by atoms with Crippen molar-refractivity contribution in [2.24, 2.45) is 5.92 Å². The molecule has 29 heavy (non-hydrogen) atoms. The van der Waals surface area contributed by atoms with Gasteiger partial charge < -0.3 is 9.88 Å². The zero-order chi connectivity index (χ0) is 20.1. The van der Waals surface area contributed by atoms with Gasteiger partial charge in [0.2, 0.25) is 5.91 Å². The van der Waals surface area contributed by atoms with Crippen LogP contribution in [-0.2, 0) is 17.8 Å². The summed E-state index contributed by atoms with van der Waals surface area (Å²) in [5.74, 6) is 1.88. The predicted octanol–water partition coefficient (Wildman–Crippen LogP) is 4.25. The van der Waals surface area contributed by atoms with Crippen molar-refractivity contribution in [1.82, 2.24) is 20.1 Å². The van der Waals surface area contributed by atoms with Crippen LogP contribution in [-0.4, -0.2) is 26.4 Å². The lowest BCUT2D eigenvalue weighted by Crippen LogP contribution is -2.31. The number of thioether (sulfide) groups is 1. The van der Waals surface area contributed by atoms with E-state index in [9.17, 15) is 4.79 Å². The molecule has 1 unspecified atom stereocenters. The van der Waals surface area contributed by atoms with E-state index < -0.39 is 0 Å². The number of benzene rings is 2. The fourth-order valence-corrected chi connectivity index (χ4v) is 4.39. The summed E-state index contributed by atoms with van der Waals surface area (Å²) in [4.78, 5) is 12.6. The molecular weight excluding hydrogens is 380 g/mol. The van der Waals surface area contributed by atoms with Gasteiger partial charge in [-0.2, -0.15) is 0 Å². The van der Waals surface area contributed by atoms with Crippen LogP contribution in [0.1, 0.15) is 42.8 Å². The van der Waals surface area contributed by atoms with Crippen molar-refractivity contribution in [3.8, 4) is 0 Å². The molecule has 1 aliphatic carbocycles. The Kier molecular flexibility index (Phi) is 6.30. The van der Waals surface area contributed by atoms with E-state index in [1.165, 1.54) is 35.7 Å². The van der Waals surface area contributed by atoms with Gasteiger partial charge in [-0.1, -0.05) is 72.4 Å². The van der Waals surface area contributed by atoms with Gasteiger partial charge in [-0.3, -0.25) is 4.79 Å². The average Bonchev–Trinajstić information content (AvgIpc) is 3.53. The van der Waals surface area contributed by atoms with Gasteiger partial charge in [0, 0.05) is 13.0 Å². The number of rotatable bonds is 9. The molecule has 1 aromatic heterocycles. The molecule has 150 valence electrons. The van der Waals surface area contributed by atoms with Crippen molar-refractivity contribution in [2.75, 3.05) is 5.75 Å². The zero-order valence-electron chi connectivity index (χ0n) is 16.6. The summed E-state index contributed by atoms with van der Waals surface area (Å²) in [5.41, 5.74) is 2.40. The van der Waals surface area contributed by atoms with E-state index in [0.29, 0.717) is 11.7 Å². The Labute approximate surface area is 175 Å². The molecule has 0 radical (unpaired) electrons. The standard InChI is InChI=1S/C23H26N4OS/c1-2-27-20(15-17-9-5-3-6-10-17)25-26-23(27)29-16-21(28)24-22(19-13-14-19)18-11-7-4-8-12-18/h3-12,19,22H,2,13-16H2,1H3,(H,24,28). The first-order valence-electron chi connectivity index (χ1n) is 10.2. The molecule has 6 heteroatoms. The van der Waals surface area contributed by atoms with E-state index in [0.717, 1.165) is 23.9 Å². The SMILES string of the molecule is CCn1c(Cc2ccccc2)nnc1SCC(=O)NC(c1ccccc1)C1CC1. The number of aromatic nitrogens is 3. The topological polar surface area (TPSA) is 59.8 Å². The summed E-state index contributed by atoms with van der Waals surface area (Å²) in [6.45, 7) is 2.87. The summed E-state index contributed by atoms with van der Waals surface area (Å²) in [6, 6.07) is 20.6. The second kappa shape index (κ2) is 9.27. The predicted molar refractivity (Wildman–Crippen MR) is 116 cm³/mol. The monoisotopic (exact) mass is 406 g/mol. The first-order chi connectivity index (χ1) is 14.2. The molecule has 0 bridgehead atoms. The maximum absolute atomic E-state index is 12.6. The van der Waals surface area contributed by atoms with E-state index in [2.05, 4.69) is 51.3 Å². The third-order valence-corrected chi connectivity index (χ3v) is 6.18. The molecule has 3 aromatic rings. The Bertz CT molecular complexity index is 938. The molecule has 4 rings (SSSR count). The minimum Gasteiger partial charge on any atom is -0.348 e. The molecule has 1 aliphatic rings. The molecule has 1 N–H and O–H groups in total. The first kappa shape index (κ1) is 19.7. The number of hydrogen-bond donors (Lipinski definition) is 1. The molecule has 0 aliphatic heterocycles. The van der Waals surface area contributed by atoms with Gasteiger partial charge >= 0.3 is 0 Å². The van der Waals surface area contributed by atoms with E-state index in [1.807, 2.05) is 36.4 Å². The minimum atomic E-state index is 0.0472. The number of nitrogens with one attached hydrogen (secondary N) is 1. The smallest absolute Gasteiger partial charge is 0.230 e. The molecule has 5 nitrogen and oxygen atoms in total. The van der Waals surface area contributed by atoms with Crippen LogP contribution < -0.4 is 5.32 Å². The molecule has 1 heterocycles. The van der Waals surface area contributed by atoms with Crippen molar-refractivity contribution in [2.45, 2.75) is 43.9 Å². The van der Waals surface area contributed by atoms with Gasteiger partial charge in [0.1, 0.15) is 5.82 Å². The van der Waals surface area contributed by atoms with Gasteiger partial charge in [-0.25, -0.2) is 0 Å². The molecule has 2 aromatic carbocycles. The number of carbonyl (C=O) groups excluding carboxylic acids is 1. The molecule has 0 spiro atoms. The van der Waals surface area contributed by atoms with Gasteiger partial charge in [0.05, 0.1) is 11.8 Å². The van der Waals surface area contributed by atoms with Crippen molar-refractivity contribution < 1.29 is 4.79 Å². The molecule has 1 fully saturated rings. The van der Waals surface area contributed by atoms with Gasteiger partial charge in [0.25, 0.3) is 0 Å². The van der Waals surface area contributed by atoms with Crippen LogP contribution in [0, 0.1) is 5.92 Å². The number of amides is 1. The minimum absolute atomic E-state index is 0.0472. The normalized spacial score (nSPS) is 14.5. The molecule has 0 saturated heterocycles. The molecule has 1 amide bonds. The third kappa shape index (κ3) is 5.07. The fraction of sp³-hybridized carbons (Fsp3) is 0.348. The Morgan fingerprint density at radius 2 is 1.79 bits per heavy atom. The maximum atomic E-state index is 12.6. The van der Waals surface area contributed by atoms with E-state index in [-0.39, 0.29) is 11.9 Å². The van der Waals surface area contributed by atoms with E-state index >= 15 is 0 Å². The zero-order valence-corrected chi connectivity index (χ0v) is 17.4. The van der Waals surface area contributed by atoms with Crippen LogP contribution >= 0.6 is 11.8 Å². The second-order valence-electron chi connectivity index (χ2n) is 7.39. The first-order valence-corrected chi connectivity index (χ1v) is 11.2. The van der Waals surface area contributed by atoms with Crippen LogP contribution in [0.4, 0.5) is 0 Å². The highest BCUT2D eigenvalue weighted by Gasteiger charge is 2.33. The third-order valence-electron chi connectivity index (χ3n) is 5.22. The van der Waals surface area contributed by atoms with Crippen molar-refractivity contribution >= 4 is 17.7 Å². The van der Waals surface area contributed by atoms with E-state index in [4.69, 9.17) is 0 Å². The van der Waals surface area contributed by atoms with Gasteiger partial charge in [-0.15, -0.1) is 10.2 Å². The number of hydrogen-bond acceptors (Lipinski definition) is 4. The summed E-state index contributed by atoms with van der Waals surface area (Å²) in [5, 5.41) is 12.7. The Hall–Kier alpha value is -2.60. The summed E-state index contributed by atoms with van der Waals surface area (Å²) in [6.07, 6.45) is 3.10. The lowest BCUT2D eigenvalue weighted by molar-refractivity contribution is -0.119. The maximum Gasteiger partial charge on any atom is 0.230 e. The van der Waals surface area contributed by atoms with Crippen LogP contribution in [0.15, 0.2) is 65.8 Å². The highest BCUT2D eigenvalue weighted by atomic mass is 32.2. The highest BCUT2D eigenvalue weighted by Crippen LogP contribution is 2.41. The Balaban J connectivity index is 1.38. The number of carbonyl (C=O) groups is 1. The molecule has 1 saturated carbocycles. The van der Waals surface area contributed by atoms with Crippen LogP contribution in [0.3, 0.4) is 0 Å². The number of nitrogens with zero attached hydrogens (tertiary/aromatic N) is 3. The quantitative estimate of drug-likeness (QED) is 0.540. The van der Waals surface area contributed by atoms with Crippen LogP contribution in [0.25, 0.3) is 0 Å². The fourth-order valence-electron chi connectivity index (χ4n) is 3.56. The second-order valence-corrected chi connectivity index (χ2v) is 8.33. The van der Waals surface area contributed by atoms with Crippen LogP contribution in [0.5, 0.6) is 0 Å².